The lowest BCUT2D eigenvalue weighted by Gasteiger charge is -2.33. The SMILES string of the molecule is CCC1(c2nc3cc(C(C)(C)C)ccc3o2)CCCNC1. The van der Waals surface area contributed by atoms with Crippen LogP contribution in [0.1, 0.15) is 58.4 Å². The number of fused-ring (bicyclic) bond motifs is 1. The van der Waals surface area contributed by atoms with Gasteiger partial charge in [0.15, 0.2) is 5.58 Å². The number of nitrogens with zero attached hydrogens (tertiary/aromatic N) is 1. The number of piperidine rings is 1. The highest BCUT2D eigenvalue weighted by molar-refractivity contribution is 5.74. The molecule has 1 fully saturated rings. The van der Waals surface area contributed by atoms with Crippen molar-refractivity contribution in [3.8, 4) is 0 Å². The molecular weight excluding hydrogens is 260 g/mol. The molecule has 1 atom stereocenters. The van der Waals surface area contributed by atoms with Gasteiger partial charge in [-0.2, -0.15) is 0 Å². The van der Waals surface area contributed by atoms with E-state index in [2.05, 4.69) is 51.2 Å². The molecule has 114 valence electrons. The summed E-state index contributed by atoms with van der Waals surface area (Å²) in [6.07, 6.45) is 3.42. The van der Waals surface area contributed by atoms with Gasteiger partial charge in [-0.3, -0.25) is 0 Å². The summed E-state index contributed by atoms with van der Waals surface area (Å²) in [7, 11) is 0. The number of hydrogen-bond donors (Lipinski definition) is 1. The van der Waals surface area contributed by atoms with Crippen molar-refractivity contribution in [2.24, 2.45) is 0 Å². The largest absolute Gasteiger partial charge is 0.440 e. The Balaban J connectivity index is 2.04. The fourth-order valence-electron chi connectivity index (χ4n) is 3.22. The summed E-state index contributed by atoms with van der Waals surface area (Å²) in [6, 6.07) is 6.42. The van der Waals surface area contributed by atoms with Gasteiger partial charge >= 0.3 is 0 Å². The average Bonchev–Trinajstić information content (AvgIpc) is 2.90. The van der Waals surface area contributed by atoms with Crippen LogP contribution in [0.2, 0.25) is 0 Å². The lowest BCUT2D eigenvalue weighted by molar-refractivity contribution is 0.249. The fourth-order valence-corrected chi connectivity index (χ4v) is 3.22. The second-order valence-electron chi connectivity index (χ2n) is 7.37. The minimum absolute atomic E-state index is 0.0686. The highest BCUT2D eigenvalue weighted by Crippen LogP contribution is 2.36. The fraction of sp³-hybridized carbons (Fsp3) is 0.611. The molecule has 1 aliphatic heterocycles. The maximum Gasteiger partial charge on any atom is 0.202 e. The van der Waals surface area contributed by atoms with E-state index in [1.54, 1.807) is 0 Å². The zero-order valence-corrected chi connectivity index (χ0v) is 13.6. The van der Waals surface area contributed by atoms with E-state index in [9.17, 15) is 0 Å². The van der Waals surface area contributed by atoms with E-state index in [1.807, 2.05) is 0 Å². The zero-order valence-electron chi connectivity index (χ0n) is 13.6. The van der Waals surface area contributed by atoms with Crippen LogP contribution in [0.3, 0.4) is 0 Å². The minimum atomic E-state index is 0.0686. The first kappa shape index (κ1) is 14.6. The van der Waals surface area contributed by atoms with Gasteiger partial charge in [-0.25, -0.2) is 4.98 Å². The van der Waals surface area contributed by atoms with E-state index in [0.717, 1.165) is 42.9 Å². The van der Waals surface area contributed by atoms with Crippen molar-refractivity contribution in [1.82, 2.24) is 10.3 Å². The standard InChI is InChI=1S/C18H26N2O/c1-5-18(9-6-10-19-12-18)16-20-14-11-13(17(2,3)4)7-8-15(14)21-16/h7-8,11,19H,5-6,9-10,12H2,1-4H3. The molecule has 1 aromatic heterocycles. The quantitative estimate of drug-likeness (QED) is 0.901. The summed E-state index contributed by atoms with van der Waals surface area (Å²) in [5, 5.41) is 3.51. The first-order chi connectivity index (χ1) is 9.94. The maximum absolute atomic E-state index is 6.12. The molecule has 3 heteroatoms. The molecule has 2 heterocycles. The topological polar surface area (TPSA) is 38.1 Å². The monoisotopic (exact) mass is 286 g/mol. The number of rotatable bonds is 2. The first-order valence-electron chi connectivity index (χ1n) is 8.07. The van der Waals surface area contributed by atoms with E-state index >= 15 is 0 Å². The summed E-state index contributed by atoms with van der Waals surface area (Å²) in [4.78, 5) is 4.85. The molecular formula is C18H26N2O. The van der Waals surface area contributed by atoms with Crippen LogP contribution in [-0.2, 0) is 10.8 Å². The molecule has 3 rings (SSSR count). The van der Waals surface area contributed by atoms with Crippen LogP contribution in [0, 0.1) is 0 Å². The lowest BCUT2D eigenvalue weighted by atomic mass is 9.78. The number of nitrogens with one attached hydrogen (secondary N) is 1. The second kappa shape index (κ2) is 5.13. The molecule has 0 amide bonds. The predicted molar refractivity (Wildman–Crippen MR) is 86.8 cm³/mol. The third-order valence-electron chi connectivity index (χ3n) is 4.86. The van der Waals surface area contributed by atoms with Gasteiger partial charge in [0, 0.05) is 6.54 Å². The summed E-state index contributed by atoms with van der Waals surface area (Å²) in [5.74, 6) is 0.915. The Bertz CT molecular complexity index is 630. The zero-order chi connectivity index (χ0) is 15.1. The lowest BCUT2D eigenvalue weighted by Crippen LogP contribution is -2.43. The molecule has 1 N–H and O–H groups in total. The number of aromatic nitrogens is 1. The van der Waals surface area contributed by atoms with Crippen molar-refractivity contribution in [3.05, 3.63) is 29.7 Å². The van der Waals surface area contributed by atoms with Crippen molar-refractivity contribution in [3.63, 3.8) is 0 Å². The van der Waals surface area contributed by atoms with Gasteiger partial charge < -0.3 is 9.73 Å². The Morgan fingerprint density at radius 1 is 1.33 bits per heavy atom. The normalized spacial score (nSPS) is 23.6. The van der Waals surface area contributed by atoms with Crippen molar-refractivity contribution in [2.45, 2.75) is 57.8 Å². The molecule has 21 heavy (non-hydrogen) atoms. The Morgan fingerprint density at radius 2 is 2.14 bits per heavy atom. The summed E-state index contributed by atoms with van der Waals surface area (Å²) in [5.41, 5.74) is 3.43. The van der Waals surface area contributed by atoms with Gasteiger partial charge in [0.25, 0.3) is 0 Å². The predicted octanol–water partition coefficient (Wildman–Crippen LogP) is 4.16. The van der Waals surface area contributed by atoms with Crippen molar-refractivity contribution in [1.29, 1.82) is 0 Å². The van der Waals surface area contributed by atoms with Crippen molar-refractivity contribution >= 4 is 11.1 Å². The number of hydrogen-bond acceptors (Lipinski definition) is 3. The number of oxazole rings is 1. The van der Waals surface area contributed by atoms with Crippen LogP contribution >= 0.6 is 0 Å². The molecule has 3 nitrogen and oxygen atoms in total. The van der Waals surface area contributed by atoms with Gasteiger partial charge in [0.05, 0.1) is 5.41 Å². The van der Waals surface area contributed by atoms with Crippen molar-refractivity contribution in [2.75, 3.05) is 13.1 Å². The van der Waals surface area contributed by atoms with Gasteiger partial charge in [-0.15, -0.1) is 0 Å². The van der Waals surface area contributed by atoms with E-state index in [-0.39, 0.29) is 10.8 Å². The van der Waals surface area contributed by atoms with Crippen LogP contribution in [0.25, 0.3) is 11.1 Å². The van der Waals surface area contributed by atoms with E-state index in [1.165, 1.54) is 12.0 Å². The molecule has 2 aromatic rings. The summed E-state index contributed by atoms with van der Waals surface area (Å²) < 4.78 is 6.12. The van der Waals surface area contributed by atoms with Crippen LogP contribution in [0.15, 0.2) is 22.6 Å². The third-order valence-corrected chi connectivity index (χ3v) is 4.86. The van der Waals surface area contributed by atoms with E-state index < -0.39 is 0 Å². The Morgan fingerprint density at radius 3 is 2.76 bits per heavy atom. The van der Waals surface area contributed by atoms with Crippen molar-refractivity contribution < 1.29 is 4.42 Å². The van der Waals surface area contributed by atoms with Crippen LogP contribution in [-0.4, -0.2) is 18.1 Å². The van der Waals surface area contributed by atoms with E-state index in [0.29, 0.717) is 0 Å². The van der Waals surface area contributed by atoms with Gasteiger partial charge in [-0.1, -0.05) is 33.8 Å². The minimum Gasteiger partial charge on any atom is -0.440 e. The molecule has 0 bridgehead atoms. The smallest absolute Gasteiger partial charge is 0.202 e. The summed E-state index contributed by atoms with van der Waals surface area (Å²) in [6.45, 7) is 11.0. The average molecular weight is 286 g/mol. The van der Waals surface area contributed by atoms with Gasteiger partial charge in [0.2, 0.25) is 5.89 Å². The first-order valence-corrected chi connectivity index (χ1v) is 8.07. The highest BCUT2D eigenvalue weighted by atomic mass is 16.3. The van der Waals surface area contributed by atoms with Crippen LogP contribution in [0.5, 0.6) is 0 Å². The maximum atomic E-state index is 6.12. The molecule has 0 saturated carbocycles. The molecule has 1 saturated heterocycles. The molecule has 0 radical (unpaired) electrons. The van der Waals surface area contributed by atoms with E-state index in [4.69, 9.17) is 9.40 Å². The molecule has 1 unspecified atom stereocenters. The molecule has 1 aliphatic rings. The molecule has 1 aromatic carbocycles. The van der Waals surface area contributed by atoms with Crippen LogP contribution < -0.4 is 5.32 Å². The summed E-state index contributed by atoms with van der Waals surface area (Å²) >= 11 is 0. The number of benzene rings is 1. The second-order valence-corrected chi connectivity index (χ2v) is 7.37. The Hall–Kier alpha value is -1.35. The van der Waals surface area contributed by atoms with Gasteiger partial charge in [-0.05, 0) is 48.9 Å². The third kappa shape index (κ3) is 2.59. The van der Waals surface area contributed by atoms with Gasteiger partial charge in [0.1, 0.15) is 5.52 Å². The van der Waals surface area contributed by atoms with Crippen LogP contribution in [0.4, 0.5) is 0 Å². The molecule has 0 spiro atoms. The molecule has 0 aliphatic carbocycles. The highest BCUT2D eigenvalue weighted by Gasteiger charge is 2.37. The Labute approximate surface area is 127 Å². The Kier molecular flexibility index (Phi) is 3.56.